The van der Waals surface area contributed by atoms with E-state index in [0.717, 1.165) is 22.2 Å². The van der Waals surface area contributed by atoms with Crippen molar-refractivity contribution in [2.24, 2.45) is 0 Å². The van der Waals surface area contributed by atoms with Crippen LogP contribution < -0.4 is 4.74 Å². The standard InChI is InChI=1S/C24H16BrFN2O5S/c25-20-11-17(5-10-21(20)33-14-16-3-8-19(9-4-16)28(31)32)12-22-23(29)27(24(30)34-22)13-15-1-6-18(26)7-2-15/h1-12H,13-14H2. The zero-order chi connectivity index (χ0) is 24.2. The molecule has 1 aliphatic rings. The Labute approximate surface area is 206 Å². The maximum atomic E-state index is 13.1. The summed E-state index contributed by atoms with van der Waals surface area (Å²) in [5.41, 5.74) is 2.14. The molecular formula is C24H16BrFN2O5S. The molecular weight excluding hydrogens is 527 g/mol. The normalized spacial score (nSPS) is 14.6. The Bertz CT molecular complexity index is 1300. The topological polar surface area (TPSA) is 89.7 Å². The van der Waals surface area contributed by atoms with Crippen LogP contribution in [0.4, 0.5) is 14.9 Å². The number of rotatable bonds is 7. The number of carbonyl (C=O) groups is 2. The van der Waals surface area contributed by atoms with E-state index in [4.69, 9.17) is 4.74 Å². The third-order valence-corrected chi connectivity index (χ3v) is 6.45. The first kappa shape index (κ1) is 23.7. The van der Waals surface area contributed by atoms with Crippen LogP contribution in [0.5, 0.6) is 5.75 Å². The second kappa shape index (κ2) is 10.2. The third kappa shape index (κ3) is 5.52. The minimum atomic E-state index is -0.461. The lowest BCUT2D eigenvalue weighted by molar-refractivity contribution is -0.384. The van der Waals surface area contributed by atoms with Gasteiger partial charge < -0.3 is 4.74 Å². The number of hydrogen-bond acceptors (Lipinski definition) is 6. The first-order chi connectivity index (χ1) is 16.3. The molecule has 2 amide bonds. The number of nitro benzene ring substituents is 1. The fourth-order valence-electron chi connectivity index (χ4n) is 3.16. The van der Waals surface area contributed by atoms with Crippen LogP contribution in [0, 0.1) is 15.9 Å². The minimum Gasteiger partial charge on any atom is -0.488 e. The van der Waals surface area contributed by atoms with Gasteiger partial charge in [0.1, 0.15) is 18.2 Å². The maximum Gasteiger partial charge on any atom is 0.293 e. The Morgan fingerprint density at radius 2 is 1.71 bits per heavy atom. The average Bonchev–Trinajstić information content (AvgIpc) is 3.07. The highest BCUT2D eigenvalue weighted by Gasteiger charge is 2.35. The van der Waals surface area contributed by atoms with E-state index < -0.39 is 10.8 Å². The van der Waals surface area contributed by atoms with E-state index in [0.29, 0.717) is 26.3 Å². The van der Waals surface area contributed by atoms with Crippen molar-refractivity contribution >= 4 is 50.6 Å². The fraction of sp³-hybridized carbons (Fsp3) is 0.0833. The lowest BCUT2D eigenvalue weighted by atomic mass is 10.2. The number of carbonyl (C=O) groups excluding carboxylic acids is 2. The van der Waals surface area contributed by atoms with E-state index in [2.05, 4.69) is 15.9 Å². The molecule has 0 radical (unpaired) electrons. The van der Waals surface area contributed by atoms with Crippen LogP contribution in [0.25, 0.3) is 6.08 Å². The van der Waals surface area contributed by atoms with E-state index in [1.54, 1.807) is 36.4 Å². The summed E-state index contributed by atoms with van der Waals surface area (Å²) in [4.78, 5) is 36.8. The Morgan fingerprint density at radius 1 is 1.03 bits per heavy atom. The van der Waals surface area contributed by atoms with Gasteiger partial charge in [0.05, 0.1) is 20.8 Å². The Kier molecular flexibility index (Phi) is 7.09. The van der Waals surface area contributed by atoms with Gasteiger partial charge in [-0.25, -0.2) is 4.39 Å². The molecule has 1 aliphatic heterocycles. The number of halogens is 2. The van der Waals surface area contributed by atoms with Crippen molar-refractivity contribution in [1.29, 1.82) is 0 Å². The molecule has 0 spiro atoms. The second-order valence-electron chi connectivity index (χ2n) is 7.30. The number of nitro groups is 1. The second-order valence-corrected chi connectivity index (χ2v) is 9.14. The zero-order valence-electron chi connectivity index (χ0n) is 17.4. The summed E-state index contributed by atoms with van der Waals surface area (Å²) in [7, 11) is 0. The van der Waals surface area contributed by atoms with Gasteiger partial charge in [-0.15, -0.1) is 0 Å². The summed E-state index contributed by atoms with van der Waals surface area (Å²) in [5, 5.41) is 10.4. The molecule has 0 saturated carbocycles. The van der Waals surface area contributed by atoms with Crippen molar-refractivity contribution in [2.45, 2.75) is 13.2 Å². The smallest absolute Gasteiger partial charge is 0.293 e. The van der Waals surface area contributed by atoms with Crippen LogP contribution in [0.2, 0.25) is 0 Å². The van der Waals surface area contributed by atoms with Gasteiger partial charge in [-0.2, -0.15) is 0 Å². The molecule has 3 aromatic rings. The van der Waals surface area contributed by atoms with Crippen molar-refractivity contribution in [1.82, 2.24) is 4.90 Å². The molecule has 34 heavy (non-hydrogen) atoms. The summed E-state index contributed by atoms with van der Waals surface area (Å²) < 4.78 is 19.5. The van der Waals surface area contributed by atoms with E-state index in [9.17, 15) is 24.1 Å². The molecule has 0 aliphatic carbocycles. The fourth-order valence-corrected chi connectivity index (χ4v) is 4.51. The lowest BCUT2D eigenvalue weighted by Crippen LogP contribution is -2.27. The number of ether oxygens (including phenoxy) is 1. The molecule has 0 unspecified atom stereocenters. The number of hydrogen-bond donors (Lipinski definition) is 0. The highest BCUT2D eigenvalue weighted by molar-refractivity contribution is 9.10. The van der Waals surface area contributed by atoms with E-state index >= 15 is 0 Å². The van der Waals surface area contributed by atoms with Gasteiger partial charge in [0.15, 0.2) is 0 Å². The average molecular weight is 543 g/mol. The molecule has 1 saturated heterocycles. The van der Waals surface area contributed by atoms with Crippen LogP contribution >= 0.6 is 27.7 Å². The predicted octanol–water partition coefficient (Wildman–Crippen LogP) is 6.31. The van der Waals surface area contributed by atoms with Crippen molar-refractivity contribution in [2.75, 3.05) is 0 Å². The van der Waals surface area contributed by atoms with E-state index in [1.165, 1.54) is 36.4 Å². The number of non-ortho nitro benzene ring substituents is 1. The number of amides is 2. The van der Waals surface area contributed by atoms with Crippen LogP contribution in [0.15, 0.2) is 76.1 Å². The molecule has 10 heteroatoms. The molecule has 4 rings (SSSR count). The summed E-state index contributed by atoms with van der Waals surface area (Å²) in [6, 6.07) is 17.0. The van der Waals surface area contributed by atoms with Gasteiger partial charge in [0.25, 0.3) is 16.8 Å². The van der Waals surface area contributed by atoms with Crippen LogP contribution in [0.1, 0.15) is 16.7 Å². The Morgan fingerprint density at radius 3 is 2.35 bits per heavy atom. The van der Waals surface area contributed by atoms with Crippen LogP contribution in [-0.4, -0.2) is 21.0 Å². The molecule has 172 valence electrons. The molecule has 0 N–H and O–H groups in total. The summed E-state index contributed by atoms with van der Waals surface area (Å²) in [6.07, 6.45) is 1.63. The largest absolute Gasteiger partial charge is 0.488 e. The quantitative estimate of drug-likeness (QED) is 0.197. The molecule has 3 aromatic carbocycles. The van der Waals surface area contributed by atoms with Gasteiger partial charge in [-0.3, -0.25) is 24.6 Å². The number of benzene rings is 3. The summed E-state index contributed by atoms with van der Waals surface area (Å²) in [5.74, 6) is -0.239. The first-order valence-electron chi connectivity index (χ1n) is 9.95. The van der Waals surface area contributed by atoms with Crippen molar-refractivity contribution in [3.63, 3.8) is 0 Å². The molecule has 0 aromatic heterocycles. The Hall–Kier alpha value is -3.50. The Balaban J connectivity index is 1.42. The van der Waals surface area contributed by atoms with Gasteiger partial charge in [0.2, 0.25) is 0 Å². The zero-order valence-corrected chi connectivity index (χ0v) is 19.8. The number of nitrogens with zero attached hydrogens (tertiary/aromatic N) is 2. The summed E-state index contributed by atoms with van der Waals surface area (Å²) >= 11 is 4.30. The van der Waals surface area contributed by atoms with Crippen molar-refractivity contribution < 1.29 is 23.6 Å². The third-order valence-electron chi connectivity index (χ3n) is 4.92. The van der Waals surface area contributed by atoms with E-state index in [-0.39, 0.29) is 29.9 Å². The minimum absolute atomic E-state index is 0.0105. The van der Waals surface area contributed by atoms with Gasteiger partial charge in [-0.05, 0) is 86.9 Å². The lowest BCUT2D eigenvalue weighted by Gasteiger charge is -2.12. The van der Waals surface area contributed by atoms with Gasteiger partial charge in [-0.1, -0.05) is 18.2 Å². The molecule has 1 heterocycles. The van der Waals surface area contributed by atoms with Gasteiger partial charge >= 0.3 is 0 Å². The SMILES string of the molecule is O=C1SC(=Cc2ccc(OCc3ccc([N+](=O)[O-])cc3)c(Br)c2)C(=O)N1Cc1ccc(F)cc1. The maximum absolute atomic E-state index is 13.1. The van der Waals surface area contributed by atoms with Crippen LogP contribution in [0.3, 0.4) is 0 Å². The number of thioether (sulfide) groups is 1. The monoisotopic (exact) mass is 542 g/mol. The highest BCUT2D eigenvalue weighted by Crippen LogP contribution is 2.35. The molecule has 0 atom stereocenters. The molecule has 7 nitrogen and oxygen atoms in total. The van der Waals surface area contributed by atoms with Crippen molar-refractivity contribution in [3.8, 4) is 5.75 Å². The van der Waals surface area contributed by atoms with Crippen LogP contribution in [-0.2, 0) is 17.9 Å². The molecule has 1 fully saturated rings. The van der Waals surface area contributed by atoms with Crippen molar-refractivity contribution in [3.05, 3.63) is 109 Å². The van der Waals surface area contributed by atoms with E-state index in [1.807, 2.05) is 0 Å². The number of imide groups is 1. The summed E-state index contributed by atoms with van der Waals surface area (Å²) in [6.45, 7) is 0.291. The highest BCUT2D eigenvalue weighted by atomic mass is 79.9. The molecule has 0 bridgehead atoms. The first-order valence-corrected chi connectivity index (χ1v) is 11.6. The van der Waals surface area contributed by atoms with Gasteiger partial charge in [0, 0.05) is 12.1 Å². The predicted molar refractivity (Wildman–Crippen MR) is 129 cm³/mol.